The van der Waals surface area contributed by atoms with Crippen molar-refractivity contribution in [1.82, 2.24) is 0 Å². The summed E-state index contributed by atoms with van der Waals surface area (Å²) in [4.78, 5) is 10.9. The minimum absolute atomic E-state index is 0.115. The first-order chi connectivity index (χ1) is 10.3. The number of hydrogen-bond acceptors (Lipinski definition) is 8. The van der Waals surface area contributed by atoms with Crippen molar-refractivity contribution in [3.8, 4) is 0 Å². The number of hydrogen-bond donors (Lipinski definition) is 0. The molecule has 1 aliphatic heterocycles. The first kappa shape index (κ1) is 16.8. The lowest BCUT2D eigenvalue weighted by Crippen LogP contribution is -2.50. The Kier molecular flexibility index (Phi) is 5.48. The summed E-state index contributed by atoms with van der Waals surface area (Å²) in [5, 5.41) is 10.9. The molecule has 1 saturated heterocycles. The summed E-state index contributed by atoms with van der Waals surface area (Å²) in [5.74, 6) is -1.43. The van der Waals surface area contributed by atoms with Gasteiger partial charge in [0.25, 0.3) is 0 Å². The molecular formula is C13H14O8S-2. The Hall–Kier alpha value is -1.52. The molecule has 0 saturated carbocycles. The zero-order valence-corrected chi connectivity index (χ0v) is 12.2. The fourth-order valence-electron chi connectivity index (χ4n) is 2.11. The maximum Gasteiger partial charge on any atom is 0.218 e. The van der Waals surface area contributed by atoms with E-state index in [1.165, 1.54) is 0 Å². The summed E-state index contributed by atoms with van der Waals surface area (Å²) in [6, 6.07) is 8.98. The number of carbonyl (C=O) groups excluding carboxylic acids is 1. The number of benzene rings is 1. The quantitative estimate of drug-likeness (QED) is 0.478. The van der Waals surface area contributed by atoms with Crippen LogP contribution in [-0.2, 0) is 35.5 Å². The summed E-state index contributed by atoms with van der Waals surface area (Å²) in [5.41, 5.74) is 0.808. The molecule has 22 heavy (non-hydrogen) atoms. The van der Waals surface area contributed by atoms with Crippen LogP contribution in [0.2, 0.25) is 0 Å². The maximum absolute atomic E-state index is 10.9. The number of rotatable bonds is 6. The largest absolute Gasteiger partial charge is 0.726 e. The molecular weight excluding hydrogens is 316 g/mol. The van der Waals surface area contributed by atoms with Gasteiger partial charge in [0.15, 0.2) is 0 Å². The van der Waals surface area contributed by atoms with Crippen molar-refractivity contribution < 1.29 is 36.5 Å². The van der Waals surface area contributed by atoms with Crippen molar-refractivity contribution in [2.45, 2.75) is 31.3 Å². The highest BCUT2D eigenvalue weighted by molar-refractivity contribution is 7.80. The lowest BCUT2D eigenvalue weighted by Gasteiger charge is -2.36. The Morgan fingerprint density at radius 1 is 1.27 bits per heavy atom. The van der Waals surface area contributed by atoms with E-state index in [1.54, 1.807) is 24.3 Å². The van der Waals surface area contributed by atoms with Gasteiger partial charge in [-0.15, -0.1) is 0 Å². The first-order valence-electron chi connectivity index (χ1n) is 6.47. The standard InChI is InChI=1S/C13H16O8S/c14-13(15)11-6-10(12(8-20-11)21-22(16,17)18)19-7-9-4-2-1-3-5-9/h1-5,10-12H,6-8H2,(H,14,15)(H,16,17,18)/p-2/t10-,11?,12?/m0/s1. The van der Waals surface area contributed by atoms with Crippen molar-refractivity contribution in [2.24, 2.45) is 0 Å². The predicted molar refractivity (Wildman–Crippen MR) is 69.0 cm³/mol. The maximum atomic E-state index is 10.9. The van der Waals surface area contributed by atoms with Gasteiger partial charge in [0.2, 0.25) is 10.4 Å². The molecule has 0 aromatic heterocycles. The Labute approximate surface area is 127 Å². The molecule has 1 fully saturated rings. The Morgan fingerprint density at radius 2 is 1.95 bits per heavy atom. The number of carbonyl (C=O) groups is 1. The third-order valence-electron chi connectivity index (χ3n) is 3.13. The highest BCUT2D eigenvalue weighted by atomic mass is 32.3. The molecule has 2 rings (SSSR count). The van der Waals surface area contributed by atoms with Crippen LogP contribution < -0.4 is 5.11 Å². The summed E-state index contributed by atoms with van der Waals surface area (Å²) in [7, 11) is -4.95. The Balaban J connectivity index is 2.04. The molecule has 0 bridgehead atoms. The molecule has 0 spiro atoms. The third-order valence-corrected chi connectivity index (χ3v) is 3.62. The molecule has 9 heteroatoms. The highest BCUT2D eigenvalue weighted by Gasteiger charge is 2.35. The topological polar surface area (TPSA) is 125 Å². The van der Waals surface area contributed by atoms with Gasteiger partial charge in [0.1, 0.15) is 6.10 Å². The van der Waals surface area contributed by atoms with Gasteiger partial charge in [-0.1, -0.05) is 30.3 Å². The number of ether oxygens (including phenoxy) is 2. The van der Waals surface area contributed by atoms with Crippen LogP contribution in [0.1, 0.15) is 12.0 Å². The van der Waals surface area contributed by atoms with E-state index in [0.29, 0.717) is 0 Å². The second kappa shape index (κ2) is 7.16. The van der Waals surface area contributed by atoms with E-state index in [1.807, 2.05) is 6.07 Å². The molecule has 2 unspecified atom stereocenters. The zero-order valence-electron chi connectivity index (χ0n) is 11.4. The smallest absolute Gasteiger partial charge is 0.218 e. The number of carboxylic acids is 1. The van der Waals surface area contributed by atoms with E-state index >= 15 is 0 Å². The van der Waals surface area contributed by atoms with E-state index in [4.69, 9.17) is 9.47 Å². The molecule has 1 aromatic rings. The molecule has 0 aliphatic carbocycles. The summed E-state index contributed by atoms with van der Waals surface area (Å²) in [6.07, 6.45) is -3.52. The second-order valence-electron chi connectivity index (χ2n) is 4.75. The van der Waals surface area contributed by atoms with Crippen molar-refractivity contribution in [2.75, 3.05) is 6.61 Å². The average Bonchev–Trinajstić information content (AvgIpc) is 2.45. The lowest BCUT2D eigenvalue weighted by atomic mass is 10.0. The number of aliphatic carboxylic acids is 1. The predicted octanol–water partition coefficient (Wildman–Crippen LogP) is -1.04. The van der Waals surface area contributed by atoms with Gasteiger partial charge in [-0.2, -0.15) is 0 Å². The molecule has 0 radical (unpaired) electrons. The Bertz CT molecular complexity index is 600. The summed E-state index contributed by atoms with van der Waals surface area (Å²) in [6.45, 7) is -0.274. The number of carboxylic acid groups (broad SMARTS) is 1. The second-order valence-corrected chi connectivity index (χ2v) is 5.76. The lowest BCUT2D eigenvalue weighted by molar-refractivity contribution is -0.321. The van der Waals surface area contributed by atoms with Gasteiger partial charge in [0.05, 0.1) is 31.4 Å². The molecule has 3 atom stereocenters. The molecule has 0 N–H and O–H groups in total. The molecule has 1 aromatic carbocycles. The third kappa shape index (κ3) is 5.04. The zero-order chi connectivity index (χ0) is 16.2. The van der Waals surface area contributed by atoms with Crippen molar-refractivity contribution >= 4 is 16.4 Å². The van der Waals surface area contributed by atoms with Crippen LogP contribution in [0.3, 0.4) is 0 Å². The van der Waals surface area contributed by atoms with E-state index in [-0.39, 0.29) is 19.6 Å². The first-order valence-corrected chi connectivity index (χ1v) is 7.80. The van der Waals surface area contributed by atoms with E-state index in [0.717, 1.165) is 5.56 Å². The summed E-state index contributed by atoms with van der Waals surface area (Å²) < 4.78 is 46.9. The van der Waals surface area contributed by atoms with Crippen LogP contribution in [0.5, 0.6) is 0 Å². The van der Waals surface area contributed by atoms with Crippen molar-refractivity contribution in [3.05, 3.63) is 35.9 Å². The average molecular weight is 330 g/mol. The van der Waals surface area contributed by atoms with Gasteiger partial charge in [-0.3, -0.25) is 4.18 Å². The van der Waals surface area contributed by atoms with Gasteiger partial charge in [0, 0.05) is 6.42 Å². The van der Waals surface area contributed by atoms with E-state index in [2.05, 4.69) is 4.18 Å². The van der Waals surface area contributed by atoms with Crippen molar-refractivity contribution in [3.63, 3.8) is 0 Å². The van der Waals surface area contributed by atoms with Crippen LogP contribution in [-0.4, -0.2) is 43.9 Å². The normalized spacial score (nSPS) is 25.8. The molecule has 122 valence electrons. The molecule has 0 amide bonds. The van der Waals surface area contributed by atoms with Crippen molar-refractivity contribution in [1.29, 1.82) is 0 Å². The molecule has 1 heterocycles. The SMILES string of the molecule is O=C([O-])C1C[C@H](OCc2ccccc2)C(OS(=O)(=O)[O-])CO1. The summed E-state index contributed by atoms with van der Waals surface area (Å²) >= 11 is 0. The Morgan fingerprint density at radius 3 is 2.55 bits per heavy atom. The van der Waals surface area contributed by atoms with E-state index in [9.17, 15) is 22.9 Å². The highest BCUT2D eigenvalue weighted by Crippen LogP contribution is 2.22. The molecule has 8 nitrogen and oxygen atoms in total. The van der Waals surface area contributed by atoms with Crippen LogP contribution >= 0.6 is 0 Å². The van der Waals surface area contributed by atoms with Crippen LogP contribution in [0.25, 0.3) is 0 Å². The molecule has 1 aliphatic rings. The van der Waals surface area contributed by atoms with Crippen LogP contribution in [0, 0.1) is 0 Å². The fraction of sp³-hybridized carbons (Fsp3) is 0.462. The minimum Gasteiger partial charge on any atom is -0.726 e. The monoisotopic (exact) mass is 330 g/mol. The van der Waals surface area contributed by atoms with Gasteiger partial charge >= 0.3 is 0 Å². The van der Waals surface area contributed by atoms with Crippen LogP contribution in [0.4, 0.5) is 0 Å². The fourth-order valence-corrected chi connectivity index (χ4v) is 2.59. The minimum atomic E-state index is -4.95. The van der Waals surface area contributed by atoms with Gasteiger partial charge < -0.3 is 23.9 Å². The van der Waals surface area contributed by atoms with Gasteiger partial charge in [-0.25, -0.2) is 8.42 Å². The van der Waals surface area contributed by atoms with Crippen LogP contribution in [0.15, 0.2) is 30.3 Å². The van der Waals surface area contributed by atoms with Gasteiger partial charge in [-0.05, 0) is 5.56 Å². The van der Waals surface area contributed by atoms with E-state index < -0.39 is 34.7 Å².